The first kappa shape index (κ1) is 18.5. The normalized spacial score (nSPS) is 13.9. The fourth-order valence-electron chi connectivity index (χ4n) is 3.05. The Kier molecular flexibility index (Phi) is 5.81. The molecule has 0 bridgehead atoms. The van der Waals surface area contributed by atoms with E-state index in [-0.39, 0.29) is 0 Å². The van der Waals surface area contributed by atoms with E-state index in [0.29, 0.717) is 0 Å². The van der Waals surface area contributed by atoms with E-state index in [1.807, 2.05) is 11.8 Å². The van der Waals surface area contributed by atoms with Gasteiger partial charge in [-0.05, 0) is 47.2 Å². The first-order valence-electron chi connectivity index (χ1n) is 9.21. The highest BCUT2D eigenvalue weighted by molar-refractivity contribution is 8.01. The second-order valence-electron chi connectivity index (χ2n) is 6.41. The minimum Gasteiger partial charge on any atom is -0.397 e. The quantitative estimate of drug-likeness (QED) is 0.340. The number of pyridine rings is 1. The van der Waals surface area contributed by atoms with Gasteiger partial charge in [-0.1, -0.05) is 49.8 Å². The smallest absolute Gasteiger partial charge is 0.127 e. The second kappa shape index (κ2) is 8.46. The van der Waals surface area contributed by atoms with Crippen LogP contribution in [0.2, 0.25) is 0 Å². The van der Waals surface area contributed by atoms with Crippen LogP contribution in [0.4, 0.5) is 5.69 Å². The molecule has 0 aromatic carbocycles. The van der Waals surface area contributed by atoms with Gasteiger partial charge >= 0.3 is 0 Å². The fourth-order valence-corrected chi connectivity index (χ4v) is 6.19. The standard InChI is InChI=1S/C22H22N2S3/c1-2-3-12-26-22-20(23)19-16(15-9-6-4-5-7-10-15)14-17(24-21(19)27-22)18-11-8-13-25-18/h4,6-11,13-14H,2-3,5,12,23H2,1H3. The number of thioether (sulfide) groups is 1. The highest BCUT2D eigenvalue weighted by atomic mass is 32.2. The summed E-state index contributed by atoms with van der Waals surface area (Å²) in [7, 11) is 0. The number of fused-ring (bicyclic) bond motifs is 1. The van der Waals surface area contributed by atoms with Crippen LogP contribution < -0.4 is 5.73 Å². The van der Waals surface area contributed by atoms with Crippen molar-refractivity contribution in [1.82, 2.24) is 4.98 Å². The Morgan fingerprint density at radius 2 is 2.22 bits per heavy atom. The molecule has 0 atom stereocenters. The topological polar surface area (TPSA) is 38.9 Å². The highest BCUT2D eigenvalue weighted by Crippen LogP contribution is 2.44. The van der Waals surface area contributed by atoms with E-state index in [1.165, 1.54) is 33.1 Å². The van der Waals surface area contributed by atoms with Gasteiger partial charge in [0.15, 0.2) is 0 Å². The summed E-state index contributed by atoms with van der Waals surface area (Å²) in [5.41, 5.74) is 10.9. The molecule has 3 aromatic rings. The molecule has 2 nitrogen and oxygen atoms in total. The molecule has 0 unspecified atom stereocenters. The van der Waals surface area contributed by atoms with E-state index < -0.39 is 0 Å². The predicted octanol–water partition coefficient (Wildman–Crippen LogP) is 7.40. The van der Waals surface area contributed by atoms with Gasteiger partial charge in [0.2, 0.25) is 0 Å². The van der Waals surface area contributed by atoms with Crippen LogP contribution in [-0.2, 0) is 0 Å². The number of allylic oxidation sites excluding steroid dienone is 6. The van der Waals surface area contributed by atoms with Crippen LogP contribution in [0.15, 0.2) is 58.2 Å². The number of hydrogen-bond donors (Lipinski definition) is 1. The van der Waals surface area contributed by atoms with Gasteiger partial charge in [-0.3, -0.25) is 0 Å². The van der Waals surface area contributed by atoms with Gasteiger partial charge in [-0.15, -0.1) is 34.4 Å². The van der Waals surface area contributed by atoms with E-state index >= 15 is 0 Å². The van der Waals surface area contributed by atoms with E-state index in [4.69, 9.17) is 10.7 Å². The summed E-state index contributed by atoms with van der Waals surface area (Å²) >= 11 is 5.32. The van der Waals surface area contributed by atoms with Gasteiger partial charge in [0.05, 0.1) is 20.5 Å². The average molecular weight is 411 g/mol. The number of nitrogens with two attached hydrogens (primary N) is 1. The summed E-state index contributed by atoms with van der Waals surface area (Å²) < 4.78 is 1.20. The van der Waals surface area contributed by atoms with Gasteiger partial charge in [-0.2, -0.15) is 0 Å². The molecular weight excluding hydrogens is 388 g/mol. The van der Waals surface area contributed by atoms with Crippen molar-refractivity contribution in [2.24, 2.45) is 0 Å². The summed E-state index contributed by atoms with van der Waals surface area (Å²) in [5.74, 6) is 1.10. The largest absolute Gasteiger partial charge is 0.397 e. The summed E-state index contributed by atoms with van der Waals surface area (Å²) in [6.45, 7) is 2.22. The Balaban J connectivity index is 1.89. The summed E-state index contributed by atoms with van der Waals surface area (Å²) in [6, 6.07) is 6.41. The van der Waals surface area contributed by atoms with Crippen LogP contribution in [0.5, 0.6) is 0 Å². The number of anilines is 1. The molecule has 5 heteroatoms. The van der Waals surface area contributed by atoms with Crippen LogP contribution in [0, 0.1) is 0 Å². The van der Waals surface area contributed by atoms with Crippen molar-refractivity contribution in [2.75, 3.05) is 11.5 Å². The number of rotatable bonds is 6. The van der Waals surface area contributed by atoms with Crippen LogP contribution in [0.3, 0.4) is 0 Å². The first-order valence-corrected chi connectivity index (χ1v) is 11.9. The minimum absolute atomic E-state index is 0.888. The monoisotopic (exact) mass is 410 g/mol. The summed E-state index contributed by atoms with van der Waals surface area (Å²) in [4.78, 5) is 7.20. The Bertz CT molecular complexity index is 1020. The van der Waals surface area contributed by atoms with Gasteiger partial charge in [0.1, 0.15) is 4.83 Å². The molecular formula is C22H22N2S3. The predicted molar refractivity (Wildman–Crippen MR) is 124 cm³/mol. The number of thiophene rings is 2. The Morgan fingerprint density at radius 1 is 1.30 bits per heavy atom. The third kappa shape index (κ3) is 3.91. The third-order valence-electron chi connectivity index (χ3n) is 4.46. The number of hydrogen-bond acceptors (Lipinski definition) is 5. The lowest BCUT2D eigenvalue weighted by Gasteiger charge is -2.08. The number of unbranched alkanes of at least 4 members (excludes halogenated alkanes) is 1. The molecule has 0 fully saturated rings. The first-order chi connectivity index (χ1) is 13.3. The van der Waals surface area contributed by atoms with Crippen molar-refractivity contribution in [3.63, 3.8) is 0 Å². The molecule has 0 aliphatic heterocycles. The van der Waals surface area contributed by atoms with Gasteiger partial charge in [-0.25, -0.2) is 4.98 Å². The van der Waals surface area contributed by atoms with Crippen LogP contribution >= 0.6 is 34.4 Å². The highest BCUT2D eigenvalue weighted by Gasteiger charge is 2.18. The maximum Gasteiger partial charge on any atom is 0.127 e. The van der Waals surface area contributed by atoms with E-state index in [0.717, 1.165) is 33.8 Å². The van der Waals surface area contributed by atoms with Crippen molar-refractivity contribution in [2.45, 2.75) is 30.4 Å². The second-order valence-corrected chi connectivity index (χ2v) is 9.72. The van der Waals surface area contributed by atoms with Crippen LogP contribution in [0.25, 0.3) is 26.4 Å². The van der Waals surface area contributed by atoms with Crippen molar-refractivity contribution >= 4 is 55.9 Å². The van der Waals surface area contributed by atoms with Crippen molar-refractivity contribution < 1.29 is 0 Å². The van der Waals surface area contributed by atoms with Gasteiger partial charge < -0.3 is 5.73 Å². The maximum atomic E-state index is 6.62. The molecule has 0 amide bonds. The molecule has 2 N–H and O–H groups in total. The molecule has 0 saturated carbocycles. The SMILES string of the molecule is CCCCSc1sc2nc(-c3cccs3)cc(C3=CC=CCC=C3)c2c1N. The Morgan fingerprint density at radius 3 is 3.04 bits per heavy atom. The van der Waals surface area contributed by atoms with E-state index in [1.54, 1.807) is 22.7 Å². The van der Waals surface area contributed by atoms with Gasteiger partial charge in [0.25, 0.3) is 0 Å². The summed E-state index contributed by atoms with van der Waals surface area (Å²) in [6.07, 6.45) is 14.3. The molecule has 3 aromatic heterocycles. The molecule has 3 heterocycles. The van der Waals surface area contributed by atoms with Gasteiger partial charge in [0, 0.05) is 5.39 Å². The Hall–Kier alpha value is -1.82. The molecule has 4 rings (SSSR count). The zero-order valence-corrected chi connectivity index (χ0v) is 17.7. The van der Waals surface area contributed by atoms with E-state index in [2.05, 4.69) is 60.9 Å². The molecule has 1 aliphatic carbocycles. The zero-order valence-electron chi connectivity index (χ0n) is 15.3. The number of nitrogen functional groups attached to an aromatic ring is 1. The van der Waals surface area contributed by atoms with Crippen molar-refractivity contribution in [1.29, 1.82) is 0 Å². The molecule has 27 heavy (non-hydrogen) atoms. The average Bonchev–Trinajstić information content (AvgIpc) is 3.22. The maximum absolute atomic E-state index is 6.62. The minimum atomic E-state index is 0.888. The molecule has 1 aliphatic rings. The molecule has 0 radical (unpaired) electrons. The van der Waals surface area contributed by atoms with Crippen LogP contribution in [-0.4, -0.2) is 10.7 Å². The molecule has 138 valence electrons. The zero-order chi connectivity index (χ0) is 18.6. The lowest BCUT2D eigenvalue weighted by molar-refractivity contribution is 0.897. The Labute approximate surface area is 172 Å². The van der Waals surface area contributed by atoms with E-state index in [9.17, 15) is 0 Å². The lowest BCUT2D eigenvalue weighted by Crippen LogP contribution is -1.92. The third-order valence-corrected chi connectivity index (χ3v) is 7.83. The fraction of sp³-hybridized carbons (Fsp3) is 0.227. The molecule has 0 saturated heterocycles. The molecule has 0 spiro atoms. The number of nitrogens with zero attached hydrogens (tertiary/aromatic N) is 1. The van der Waals surface area contributed by atoms with Crippen LogP contribution in [0.1, 0.15) is 31.7 Å². The van der Waals surface area contributed by atoms with Crippen molar-refractivity contribution in [3.8, 4) is 10.6 Å². The summed E-state index contributed by atoms with van der Waals surface area (Å²) in [5, 5.41) is 3.20. The lowest BCUT2D eigenvalue weighted by atomic mass is 10.0. The number of aromatic nitrogens is 1. The van der Waals surface area contributed by atoms with Crippen molar-refractivity contribution in [3.05, 3.63) is 59.5 Å².